The van der Waals surface area contributed by atoms with Gasteiger partial charge >= 0.3 is 24.1 Å². The van der Waals surface area contributed by atoms with Crippen LogP contribution in [0.5, 0.6) is 11.5 Å². The van der Waals surface area contributed by atoms with Crippen LogP contribution in [0.2, 0.25) is 10.0 Å². The highest BCUT2D eigenvalue weighted by atomic mass is 35.5. The molecule has 0 saturated carbocycles. The maximum Gasteiger partial charge on any atom is 0.409 e. The molecular weight excluding hydrogens is 1530 g/mol. The molecule has 35 heteroatoms. The molecule has 0 aromatic heterocycles. The smallest absolute Gasteiger partial charge is 0.409 e. The molecule has 2 aromatic carbocycles. The van der Waals surface area contributed by atoms with Crippen molar-refractivity contribution in [1.29, 1.82) is 0 Å². The standard InChI is InChI=1S/C39H51ClN4O12S.C37H51ClN4O11S/c1-20-11-10-12-28(53-8)39(51)18-26(54-37(50)41-39)21(2)34-38(4,56-34)29(17-30(45)43(6)24-14-23(13-20)15-25(52-7)33(24)40)55-36(49)22(3)42(5)32(47)19-44-31(46)16-27(57-9)35(44)48;1-20-11-10-12-27(50-8)37(48)17-26(51-35(47)40-37)21(2)33-36(4,53-33)28(52-34(46)22(3)41(5)31(45)18-39-29(43)19-54-9)16-30(44)42(6)24-14-23(13-20)15-25(49-7)32(24)38/h10-12,14-15,21-22,26-29,34,51H,13,16-19H2,1-9H3,(H,41,50);10-12,14-15,21-22,26-28,33,48H,13,16-19H2,1-9H3,(H,39,43)(H,40,47)/b2*12-10+,20-11+/t21-,22+,26?,27?,28-,29+,34+,38?,39+;21-,22+,26?,27-,28+,33+,36?,37+/m11/s1. The Morgan fingerprint density at radius 2 is 1.07 bits per heavy atom. The van der Waals surface area contributed by atoms with Gasteiger partial charge in [-0.05, 0) is 102 Å². The number of amides is 9. The predicted octanol–water partition coefficient (Wildman–Crippen LogP) is 6.00. The highest BCUT2D eigenvalue weighted by molar-refractivity contribution is 8.00. The van der Waals surface area contributed by atoms with Gasteiger partial charge in [0.2, 0.25) is 41.4 Å². The quantitative estimate of drug-likeness (QED) is 0.0524. The van der Waals surface area contributed by atoms with E-state index in [9.17, 15) is 63.0 Å². The lowest BCUT2D eigenvalue weighted by molar-refractivity contribution is -0.162. The Morgan fingerprint density at radius 3 is 1.45 bits per heavy atom. The molecule has 7 heterocycles. The zero-order valence-electron chi connectivity index (χ0n) is 65.6. The van der Waals surface area contributed by atoms with E-state index in [1.54, 1.807) is 95.8 Å². The number of esters is 2. The third-order valence-corrected chi connectivity index (χ3v) is 23.8. The van der Waals surface area contributed by atoms with E-state index in [0.29, 0.717) is 35.7 Å². The number of imide groups is 1. The summed E-state index contributed by atoms with van der Waals surface area (Å²) in [6.07, 6.45) is 4.48. The minimum Gasteiger partial charge on any atom is -0.495 e. The molecule has 0 radical (unpaired) electrons. The molecule has 7 aliphatic rings. The van der Waals surface area contributed by atoms with Gasteiger partial charge in [-0.25, -0.2) is 19.2 Å². The van der Waals surface area contributed by atoms with E-state index in [-0.39, 0.29) is 53.9 Å². The maximum atomic E-state index is 14.2. The fourth-order valence-corrected chi connectivity index (χ4v) is 15.8. The summed E-state index contributed by atoms with van der Waals surface area (Å²) in [7, 11) is 11.6. The summed E-state index contributed by atoms with van der Waals surface area (Å²) in [5, 5.41) is 30.8. The Labute approximate surface area is 664 Å². The van der Waals surface area contributed by atoms with Gasteiger partial charge in [0.15, 0.2) is 11.4 Å². The number of allylic oxidation sites excluding steroid dienone is 6. The summed E-state index contributed by atoms with van der Waals surface area (Å²) in [6, 6.07) is 4.75. The first-order valence-electron chi connectivity index (χ1n) is 36.0. The van der Waals surface area contributed by atoms with Crippen LogP contribution in [0.3, 0.4) is 0 Å². The normalized spacial score (nSPS) is 31.7. The summed E-state index contributed by atoms with van der Waals surface area (Å²) in [6.45, 7) is 12.7. The molecule has 111 heavy (non-hydrogen) atoms. The summed E-state index contributed by atoms with van der Waals surface area (Å²) < 4.78 is 58.2. The Bertz CT molecular complexity index is 4040. The number of ether oxygens (including phenoxy) is 10. The van der Waals surface area contributed by atoms with E-state index >= 15 is 0 Å². The molecule has 5 N–H and O–H groups in total. The number of epoxide rings is 2. The molecule has 9 amide bonds. The van der Waals surface area contributed by atoms with Gasteiger partial charge < -0.3 is 82.5 Å². The van der Waals surface area contributed by atoms with Crippen LogP contribution in [0.4, 0.5) is 21.0 Å². The van der Waals surface area contributed by atoms with Crippen molar-refractivity contribution < 1.29 is 110 Å². The third-order valence-electron chi connectivity index (χ3n) is 21.5. The average Bonchev–Trinajstić information content (AvgIpc) is 1.58. The number of hydrogen-bond acceptors (Lipinski definition) is 25. The van der Waals surface area contributed by atoms with Gasteiger partial charge in [0.1, 0.15) is 88.0 Å². The van der Waals surface area contributed by atoms with E-state index < -0.39 is 173 Å². The van der Waals surface area contributed by atoms with Crippen LogP contribution in [-0.2, 0) is 93.9 Å². The number of fused-ring (bicyclic) bond motifs is 10. The number of nitrogens with one attached hydrogen (secondary N) is 3. The van der Waals surface area contributed by atoms with Crippen molar-refractivity contribution in [1.82, 2.24) is 30.7 Å². The van der Waals surface area contributed by atoms with Gasteiger partial charge in [-0.2, -0.15) is 23.5 Å². The van der Waals surface area contributed by atoms with E-state index in [1.807, 2.05) is 26.0 Å². The summed E-state index contributed by atoms with van der Waals surface area (Å²) in [5.41, 5.74) is -2.21. The molecule has 17 atom stereocenters. The van der Waals surface area contributed by atoms with Crippen molar-refractivity contribution in [2.24, 2.45) is 11.8 Å². The molecule has 0 aliphatic carbocycles. The molecule has 7 aliphatic heterocycles. The number of likely N-dealkylation sites (N-methyl/N-ethyl adjacent to an activating group) is 2. The number of nitrogens with zero attached hydrogens (tertiary/aromatic N) is 5. The lowest BCUT2D eigenvalue weighted by atomic mass is 9.83. The van der Waals surface area contributed by atoms with Crippen LogP contribution in [0, 0.1) is 11.8 Å². The van der Waals surface area contributed by atoms with Gasteiger partial charge in [0.05, 0.1) is 68.2 Å². The van der Waals surface area contributed by atoms with Crippen molar-refractivity contribution in [2.75, 3.05) is 97.8 Å². The second kappa shape index (κ2) is 36.9. The summed E-state index contributed by atoms with van der Waals surface area (Å²) in [5.74, 6) is -5.42. The third kappa shape index (κ3) is 20.3. The molecule has 8 bridgehead atoms. The highest BCUT2D eigenvalue weighted by Crippen LogP contribution is 2.51. The number of likely N-dealkylation sites (tertiary alicyclic amines) is 1. The minimum atomic E-state index is -1.87. The first kappa shape index (κ1) is 88.6. The zero-order chi connectivity index (χ0) is 82.3. The number of thioether (sulfide) groups is 2. The Hall–Kier alpha value is -7.99. The number of carbonyl (C=O) groups excluding carboxylic acids is 11. The Morgan fingerprint density at radius 1 is 0.658 bits per heavy atom. The lowest BCUT2D eigenvalue weighted by Crippen LogP contribution is -2.63. The van der Waals surface area contributed by atoms with E-state index in [4.69, 9.17) is 70.6 Å². The number of anilines is 2. The minimum absolute atomic E-state index is 0.0181. The number of carbonyl (C=O) groups is 11. The molecule has 5 fully saturated rings. The number of rotatable bonds is 17. The number of halogens is 2. The number of aliphatic hydroxyl groups is 2. The summed E-state index contributed by atoms with van der Waals surface area (Å²) in [4.78, 5) is 151. The van der Waals surface area contributed by atoms with Crippen molar-refractivity contribution in [2.45, 2.75) is 189 Å². The number of alkyl carbamates (subject to hydrolysis) is 2. The van der Waals surface area contributed by atoms with Crippen LogP contribution in [0.25, 0.3) is 0 Å². The van der Waals surface area contributed by atoms with Gasteiger partial charge in [-0.3, -0.25) is 49.1 Å². The van der Waals surface area contributed by atoms with Gasteiger partial charge in [0, 0.05) is 73.5 Å². The van der Waals surface area contributed by atoms with E-state index in [0.717, 1.165) is 37.0 Å². The number of hydrogen-bond donors (Lipinski definition) is 5. The maximum absolute atomic E-state index is 14.2. The second-order valence-corrected chi connectivity index (χ2v) is 31.9. The van der Waals surface area contributed by atoms with E-state index in [2.05, 4.69) is 16.0 Å². The summed E-state index contributed by atoms with van der Waals surface area (Å²) >= 11 is 16.0. The van der Waals surface area contributed by atoms with Gasteiger partial charge in [-0.15, -0.1) is 0 Å². The van der Waals surface area contributed by atoms with Crippen LogP contribution in [-0.4, -0.2) is 267 Å². The first-order valence-corrected chi connectivity index (χ1v) is 39.4. The van der Waals surface area contributed by atoms with Gasteiger partial charge in [-0.1, -0.05) is 84.7 Å². The van der Waals surface area contributed by atoms with Crippen molar-refractivity contribution in [3.63, 3.8) is 0 Å². The van der Waals surface area contributed by atoms with Crippen molar-refractivity contribution in [3.05, 3.63) is 93.0 Å². The molecular formula is C76H102Cl2N8O23S2. The van der Waals surface area contributed by atoms with Crippen LogP contribution >= 0.6 is 46.7 Å². The highest BCUT2D eigenvalue weighted by Gasteiger charge is 2.66. The Kier molecular flexibility index (Phi) is 29.4. The fourth-order valence-electron chi connectivity index (χ4n) is 14.2. The zero-order valence-corrected chi connectivity index (χ0v) is 68.8. The number of benzene rings is 2. The molecule has 9 rings (SSSR count). The molecule has 5 saturated heterocycles. The predicted molar refractivity (Wildman–Crippen MR) is 412 cm³/mol. The van der Waals surface area contributed by atoms with Gasteiger partial charge in [0.25, 0.3) is 0 Å². The second-order valence-electron chi connectivity index (χ2n) is 29.3. The van der Waals surface area contributed by atoms with Crippen LogP contribution < -0.4 is 35.2 Å². The molecule has 610 valence electrons. The van der Waals surface area contributed by atoms with E-state index in [1.165, 1.54) is 96.8 Å². The van der Waals surface area contributed by atoms with Crippen molar-refractivity contribution >= 4 is 124 Å². The molecule has 31 nitrogen and oxygen atoms in total. The monoisotopic (exact) mass is 1630 g/mol. The first-order chi connectivity index (χ1) is 52.2. The molecule has 2 aromatic rings. The SMILES string of the molecule is COc1cc2cc(c1Cl)N(C)C(=O)C[C@H](OC(=O)[C@H](C)N(C)C(=O)CN1C(=O)CC(SC)C1=O)C1(C)O[C@H]1[C@H](C)C1C[C@@](O)(NC(=O)O1)[C@H](OC)/C=C/C=C(\C)C2.COc1cc2cc(c1Cl)N(C)C(=O)C[C@H](OC(=O)[C@H](C)N(C)C(=O)CNC(=O)CSC)C1(C)O[C@H]1[C@H](C)C1C[C@@](O)(NC(=O)O1)[C@H](OC)/C=C/C=C(\C)C2. The van der Waals surface area contributed by atoms with Crippen LogP contribution in [0.15, 0.2) is 71.9 Å². The molecule has 0 spiro atoms. The van der Waals surface area contributed by atoms with Crippen molar-refractivity contribution in [3.8, 4) is 11.5 Å². The number of methoxy groups -OCH3 is 4. The Balaban J connectivity index is 0.000000279. The fraction of sp³-hybridized carbons (Fsp3) is 0.592. The topological polar surface area (TPSA) is 379 Å². The lowest BCUT2D eigenvalue weighted by Gasteiger charge is -2.42. The largest absolute Gasteiger partial charge is 0.495 e. The molecule has 5 unspecified atom stereocenters. The average molecular weight is 1630 g/mol. The van der Waals surface area contributed by atoms with Crippen LogP contribution in [0.1, 0.15) is 98.6 Å².